The van der Waals surface area contributed by atoms with E-state index in [1.165, 1.54) is 0 Å². The van der Waals surface area contributed by atoms with Gasteiger partial charge in [-0.15, -0.1) is 0 Å². The molecule has 1 aliphatic carbocycles. The Labute approximate surface area is 118 Å². The molecular weight excluding hydrogens is 260 g/mol. The van der Waals surface area contributed by atoms with Crippen LogP contribution in [0.15, 0.2) is 12.4 Å². The molecule has 7 nitrogen and oxygen atoms in total. The molecular formula is C13H22N4O3. The zero-order valence-electron chi connectivity index (χ0n) is 11.8. The van der Waals surface area contributed by atoms with Crippen LogP contribution in [-0.2, 0) is 11.3 Å². The number of anilines is 1. The standard InChI is InChI=1S/C13H22N4O3/c1-20-7-6-17-9-11(8-14-17)15-12(19)16-13(10-18)4-2-3-5-13/h8-9,18H,2-7,10H2,1H3,(H2,15,16,19). The zero-order valence-corrected chi connectivity index (χ0v) is 11.8. The molecule has 0 bridgehead atoms. The molecule has 0 radical (unpaired) electrons. The van der Waals surface area contributed by atoms with E-state index in [2.05, 4.69) is 15.7 Å². The fourth-order valence-electron chi connectivity index (χ4n) is 2.51. The maximum Gasteiger partial charge on any atom is 0.319 e. The third-order valence-corrected chi connectivity index (χ3v) is 3.66. The second-order valence-electron chi connectivity index (χ2n) is 5.21. The number of carbonyl (C=O) groups is 1. The predicted octanol–water partition coefficient (Wildman–Crippen LogP) is 0.956. The lowest BCUT2D eigenvalue weighted by atomic mass is 9.99. The number of hydrogen-bond acceptors (Lipinski definition) is 4. The molecule has 1 saturated carbocycles. The van der Waals surface area contributed by atoms with E-state index in [0.717, 1.165) is 25.7 Å². The zero-order chi connectivity index (χ0) is 14.4. The quantitative estimate of drug-likeness (QED) is 0.725. The Kier molecular flexibility index (Phi) is 4.97. The van der Waals surface area contributed by atoms with E-state index in [1.54, 1.807) is 24.2 Å². The number of nitrogens with one attached hydrogen (secondary N) is 2. The SMILES string of the molecule is COCCn1cc(NC(=O)NC2(CO)CCCC2)cn1. The molecule has 0 spiro atoms. The number of hydrogen-bond donors (Lipinski definition) is 3. The van der Waals surface area contributed by atoms with Crippen molar-refractivity contribution in [1.82, 2.24) is 15.1 Å². The molecule has 1 fully saturated rings. The van der Waals surface area contributed by atoms with Gasteiger partial charge in [0.15, 0.2) is 0 Å². The van der Waals surface area contributed by atoms with Crippen LogP contribution in [-0.4, -0.2) is 46.8 Å². The fraction of sp³-hybridized carbons (Fsp3) is 0.692. The van der Waals surface area contributed by atoms with Crippen LogP contribution in [0.2, 0.25) is 0 Å². The van der Waals surface area contributed by atoms with Gasteiger partial charge in [0.2, 0.25) is 0 Å². The summed E-state index contributed by atoms with van der Waals surface area (Å²) in [5.74, 6) is 0. The van der Waals surface area contributed by atoms with Crippen molar-refractivity contribution >= 4 is 11.7 Å². The van der Waals surface area contributed by atoms with E-state index in [-0.39, 0.29) is 12.6 Å². The van der Waals surface area contributed by atoms with Crippen molar-refractivity contribution in [3.05, 3.63) is 12.4 Å². The second kappa shape index (κ2) is 6.71. The summed E-state index contributed by atoms with van der Waals surface area (Å²) < 4.78 is 6.67. The third kappa shape index (κ3) is 3.71. The van der Waals surface area contributed by atoms with Crippen molar-refractivity contribution in [1.29, 1.82) is 0 Å². The lowest BCUT2D eigenvalue weighted by Gasteiger charge is -2.27. The predicted molar refractivity (Wildman–Crippen MR) is 74.5 cm³/mol. The van der Waals surface area contributed by atoms with Crippen LogP contribution in [0.25, 0.3) is 0 Å². The van der Waals surface area contributed by atoms with Gasteiger partial charge in [-0.1, -0.05) is 12.8 Å². The monoisotopic (exact) mass is 282 g/mol. The van der Waals surface area contributed by atoms with Gasteiger partial charge in [-0.3, -0.25) is 4.68 Å². The molecule has 2 rings (SSSR count). The highest BCUT2D eigenvalue weighted by molar-refractivity contribution is 5.89. The lowest BCUT2D eigenvalue weighted by Crippen LogP contribution is -2.50. The second-order valence-corrected chi connectivity index (χ2v) is 5.21. The molecule has 7 heteroatoms. The molecule has 1 aromatic rings. The molecule has 1 heterocycles. The van der Waals surface area contributed by atoms with E-state index in [0.29, 0.717) is 18.8 Å². The van der Waals surface area contributed by atoms with Gasteiger partial charge in [0.1, 0.15) is 0 Å². The first-order valence-electron chi connectivity index (χ1n) is 6.89. The van der Waals surface area contributed by atoms with Gasteiger partial charge in [0.05, 0.1) is 37.2 Å². The van der Waals surface area contributed by atoms with Gasteiger partial charge in [0.25, 0.3) is 0 Å². The Balaban J connectivity index is 1.86. The summed E-state index contributed by atoms with van der Waals surface area (Å²) in [6, 6.07) is -0.299. The Bertz CT molecular complexity index is 441. The molecule has 20 heavy (non-hydrogen) atoms. The van der Waals surface area contributed by atoms with Gasteiger partial charge in [-0.05, 0) is 12.8 Å². The van der Waals surface area contributed by atoms with Crippen LogP contribution in [0, 0.1) is 0 Å². The van der Waals surface area contributed by atoms with Crippen molar-refractivity contribution in [2.24, 2.45) is 0 Å². The first-order chi connectivity index (χ1) is 9.67. The summed E-state index contributed by atoms with van der Waals surface area (Å²) in [6.45, 7) is 1.19. The fourth-order valence-corrected chi connectivity index (χ4v) is 2.51. The minimum absolute atomic E-state index is 0.0203. The van der Waals surface area contributed by atoms with Gasteiger partial charge in [-0.25, -0.2) is 4.79 Å². The van der Waals surface area contributed by atoms with Crippen molar-refractivity contribution in [2.75, 3.05) is 25.6 Å². The van der Waals surface area contributed by atoms with Crippen molar-refractivity contribution < 1.29 is 14.6 Å². The van der Waals surface area contributed by atoms with E-state index in [4.69, 9.17) is 4.74 Å². The number of carbonyl (C=O) groups excluding carboxylic acids is 1. The third-order valence-electron chi connectivity index (χ3n) is 3.66. The Hall–Kier alpha value is -1.60. The summed E-state index contributed by atoms with van der Waals surface area (Å²) in [6.07, 6.45) is 7.06. The van der Waals surface area contributed by atoms with Gasteiger partial charge < -0.3 is 20.5 Å². The Morgan fingerprint density at radius 1 is 1.55 bits per heavy atom. The molecule has 0 aliphatic heterocycles. The Morgan fingerprint density at radius 2 is 2.30 bits per heavy atom. The highest BCUT2D eigenvalue weighted by Crippen LogP contribution is 2.29. The molecule has 112 valence electrons. The van der Waals surface area contributed by atoms with Crippen LogP contribution in [0.1, 0.15) is 25.7 Å². The molecule has 0 aromatic carbocycles. The van der Waals surface area contributed by atoms with Crippen molar-refractivity contribution in [2.45, 2.75) is 37.8 Å². The highest BCUT2D eigenvalue weighted by atomic mass is 16.5. The largest absolute Gasteiger partial charge is 0.394 e. The van der Waals surface area contributed by atoms with Crippen LogP contribution in [0.4, 0.5) is 10.5 Å². The summed E-state index contributed by atoms with van der Waals surface area (Å²) in [5.41, 5.74) is 0.167. The molecule has 2 amide bonds. The maximum absolute atomic E-state index is 12.0. The van der Waals surface area contributed by atoms with Gasteiger partial charge >= 0.3 is 6.03 Å². The van der Waals surface area contributed by atoms with E-state index in [9.17, 15) is 9.90 Å². The van der Waals surface area contributed by atoms with Crippen molar-refractivity contribution in [3.8, 4) is 0 Å². The maximum atomic E-state index is 12.0. The normalized spacial score (nSPS) is 17.1. The average molecular weight is 282 g/mol. The average Bonchev–Trinajstić information content (AvgIpc) is 3.06. The molecule has 0 saturated heterocycles. The summed E-state index contributed by atoms with van der Waals surface area (Å²) in [5, 5.41) is 19.2. The van der Waals surface area contributed by atoms with Crippen LogP contribution in [0.3, 0.4) is 0 Å². The molecule has 1 aromatic heterocycles. The number of rotatable bonds is 6. The minimum Gasteiger partial charge on any atom is -0.394 e. The number of urea groups is 1. The topological polar surface area (TPSA) is 88.4 Å². The van der Waals surface area contributed by atoms with E-state index >= 15 is 0 Å². The van der Waals surface area contributed by atoms with Crippen LogP contribution < -0.4 is 10.6 Å². The van der Waals surface area contributed by atoms with Crippen molar-refractivity contribution in [3.63, 3.8) is 0 Å². The number of methoxy groups -OCH3 is 1. The smallest absolute Gasteiger partial charge is 0.319 e. The summed E-state index contributed by atoms with van der Waals surface area (Å²) in [4.78, 5) is 12.0. The van der Waals surface area contributed by atoms with Crippen LogP contribution >= 0.6 is 0 Å². The molecule has 3 N–H and O–H groups in total. The lowest BCUT2D eigenvalue weighted by molar-refractivity contribution is 0.167. The summed E-state index contributed by atoms with van der Waals surface area (Å²) >= 11 is 0. The molecule has 0 atom stereocenters. The van der Waals surface area contributed by atoms with E-state index in [1.807, 2.05) is 0 Å². The van der Waals surface area contributed by atoms with E-state index < -0.39 is 5.54 Å². The van der Waals surface area contributed by atoms with Crippen LogP contribution in [0.5, 0.6) is 0 Å². The highest BCUT2D eigenvalue weighted by Gasteiger charge is 2.34. The summed E-state index contributed by atoms with van der Waals surface area (Å²) in [7, 11) is 1.63. The minimum atomic E-state index is -0.462. The first-order valence-corrected chi connectivity index (χ1v) is 6.89. The molecule has 1 aliphatic rings. The number of aliphatic hydroxyl groups excluding tert-OH is 1. The van der Waals surface area contributed by atoms with Gasteiger partial charge in [-0.2, -0.15) is 5.10 Å². The number of ether oxygens (including phenoxy) is 1. The number of nitrogens with zero attached hydrogens (tertiary/aromatic N) is 2. The Morgan fingerprint density at radius 3 is 2.95 bits per heavy atom. The molecule has 0 unspecified atom stereocenters. The number of aromatic nitrogens is 2. The van der Waals surface area contributed by atoms with Gasteiger partial charge in [0, 0.05) is 13.3 Å². The number of amides is 2. The first kappa shape index (κ1) is 14.8. The number of aliphatic hydroxyl groups is 1.